The van der Waals surface area contributed by atoms with Crippen LogP contribution in [-0.4, -0.2) is 40.2 Å². The number of amidine groups is 1. The zero-order valence-electron chi connectivity index (χ0n) is 8.72. The second-order valence-corrected chi connectivity index (χ2v) is 3.27. The predicted molar refractivity (Wildman–Crippen MR) is 63.3 cm³/mol. The molecule has 0 bridgehead atoms. The summed E-state index contributed by atoms with van der Waals surface area (Å²) in [5.74, 6) is 0.725. The lowest BCUT2D eigenvalue weighted by molar-refractivity contribution is 0.860. The molecule has 0 aromatic carbocycles. The van der Waals surface area contributed by atoms with Crippen molar-refractivity contribution in [2.24, 2.45) is 20.0 Å². The number of aromatic nitrogens is 2. The van der Waals surface area contributed by atoms with Crippen LogP contribution in [0.15, 0.2) is 44.8 Å². The second-order valence-electron chi connectivity index (χ2n) is 3.27. The van der Waals surface area contributed by atoms with Gasteiger partial charge in [0.15, 0.2) is 11.4 Å². The molecular formula is C10H10N6. The molecule has 6 heteroatoms. The maximum atomic E-state index is 4.10. The van der Waals surface area contributed by atoms with Gasteiger partial charge in [-0.25, -0.2) is 24.9 Å². The van der Waals surface area contributed by atoms with E-state index in [1.807, 2.05) is 6.92 Å². The molecule has 2 aliphatic heterocycles. The van der Waals surface area contributed by atoms with Gasteiger partial charge < -0.3 is 0 Å². The van der Waals surface area contributed by atoms with E-state index in [0.717, 1.165) is 5.84 Å². The molecule has 0 radical (unpaired) electrons. The van der Waals surface area contributed by atoms with E-state index in [0.29, 0.717) is 0 Å². The standard InChI is InChI=1S/C6H6N4.C4H4N2/c1-6-2-7-3-8-5(6)9-4-10-6;1-2-5-4-6-3-1/h2-4H,1H3;1-4H. The topological polar surface area (TPSA) is 75.2 Å². The van der Waals surface area contributed by atoms with Crippen LogP contribution in [-0.2, 0) is 0 Å². The molecule has 1 aromatic rings. The fraction of sp³-hybridized carbons (Fsp3) is 0.200. The molecule has 2 aliphatic rings. The molecule has 16 heavy (non-hydrogen) atoms. The Morgan fingerprint density at radius 2 is 1.94 bits per heavy atom. The summed E-state index contributed by atoms with van der Waals surface area (Å²) in [6.45, 7) is 1.93. The van der Waals surface area contributed by atoms with Gasteiger partial charge in [0.1, 0.15) is 19.0 Å². The van der Waals surface area contributed by atoms with Gasteiger partial charge >= 0.3 is 0 Å². The maximum absolute atomic E-state index is 4.10. The van der Waals surface area contributed by atoms with Crippen molar-refractivity contribution in [3.63, 3.8) is 0 Å². The van der Waals surface area contributed by atoms with Gasteiger partial charge in [0.05, 0.1) is 0 Å². The van der Waals surface area contributed by atoms with Crippen LogP contribution in [0, 0.1) is 0 Å². The van der Waals surface area contributed by atoms with Gasteiger partial charge in [-0.3, -0.25) is 4.99 Å². The average molecular weight is 214 g/mol. The van der Waals surface area contributed by atoms with E-state index in [2.05, 4.69) is 29.9 Å². The maximum Gasteiger partial charge on any atom is 0.164 e. The molecule has 1 atom stereocenters. The summed E-state index contributed by atoms with van der Waals surface area (Å²) in [6.07, 6.45) is 9.61. The number of rotatable bonds is 0. The lowest BCUT2D eigenvalue weighted by atomic mass is 10.0. The molecule has 80 valence electrons. The van der Waals surface area contributed by atoms with Crippen LogP contribution in [0.25, 0.3) is 0 Å². The Balaban J connectivity index is 0.000000138. The first kappa shape index (κ1) is 10.3. The van der Waals surface area contributed by atoms with Crippen molar-refractivity contribution in [3.05, 3.63) is 24.8 Å². The monoisotopic (exact) mass is 214 g/mol. The normalized spacial score (nSPS) is 24.4. The van der Waals surface area contributed by atoms with Crippen LogP contribution in [0.1, 0.15) is 6.92 Å². The van der Waals surface area contributed by atoms with Crippen LogP contribution in [0.2, 0.25) is 0 Å². The number of hydrogen-bond donors (Lipinski definition) is 0. The van der Waals surface area contributed by atoms with Gasteiger partial charge in [0, 0.05) is 18.6 Å². The van der Waals surface area contributed by atoms with Gasteiger partial charge in [0.25, 0.3) is 0 Å². The predicted octanol–water partition coefficient (Wildman–Crippen LogP) is 0.775. The van der Waals surface area contributed by atoms with E-state index in [4.69, 9.17) is 0 Å². The van der Waals surface area contributed by atoms with Gasteiger partial charge in [-0.1, -0.05) is 0 Å². The molecule has 0 aliphatic carbocycles. The summed E-state index contributed by atoms with van der Waals surface area (Å²) >= 11 is 0. The van der Waals surface area contributed by atoms with E-state index in [1.165, 1.54) is 19.0 Å². The van der Waals surface area contributed by atoms with E-state index in [1.54, 1.807) is 24.7 Å². The van der Waals surface area contributed by atoms with Crippen LogP contribution in [0.5, 0.6) is 0 Å². The fourth-order valence-electron chi connectivity index (χ4n) is 1.17. The highest BCUT2D eigenvalue weighted by Crippen LogP contribution is 2.17. The summed E-state index contributed by atoms with van der Waals surface area (Å²) in [5, 5.41) is 0. The largest absolute Gasteiger partial charge is 0.253 e. The second kappa shape index (κ2) is 4.52. The van der Waals surface area contributed by atoms with Crippen molar-refractivity contribution < 1.29 is 0 Å². The lowest BCUT2D eigenvalue weighted by Gasteiger charge is -2.15. The van der Waals surface area contributed by atoms with E-state index in [-0.39, 0.29) is 5.54 Å². The van der Waals surface area contributed by atoms with Gasteiger partial charge in [-0.2, -0.15) is 0 Å². The summed E-state index contributed by atoms with van der Waals surface area (Å²) in [4.78, 5) is 23.3. The first-order valence-electron chi connectivity index (χ1n) is 4.70. The highest BCUT2D eigenvalue weighted by Gasteiger charge is 2.31. The average Bonchev–Trinajstić information content (AvgIpc) is 2.73. The van der Waals surface area contributed by atoms with Crippen molar-refractivity contribution in [1.82, 2.24) is 9.97 Å². The minimum Gasteiger partial charge on any atom is -0.253 e. The molecule has 0 saturated heterocycles. The van der Waals surface area contributed by atoms with Crippen molar-refractivity contribution in [1.29, 1.82) is 0 Å². The van der Waals surface area contributed by atoms with Crippen molar-refractivity contribution in [2.45, 2.75) is 12.5 Å². The Morgan fingerprint density at radius 3 is 2.50 bits per heavy atom. The van der Waals surface area contributed by atoms with E-state index in [9.17, 15) is 0 Å². The van der Waals surface area contributed by atoms with Crippen molar-refractivity contribution in [2.75, 3.05) is 0 Å². The van der Waals surface area contributed by atoms with E-state index < -0.39 is 0 Å². The van der Waals surface area contributed by atoms with Crippen LogP contribution < -0.4 is 0 Å². The summed E-state index contributed by atoms with van der Waals surface area (Å²) in [7, 11) is 0. The number of aliphatic imine (C=N–C) groups is 4. The zero-order valence-corrected chi connectivity index (χ0v) is 8.72. The van der Waals surface area contributed by atoms with Gasteiger partial charge in [-0.15, -0.1) is 0 Å². The first-order valence-corrected chi connectivity index (χ1v) is 4.70. The molecule has 1 aromatic heterocycles. The third-order valence-electron chi connectivity index (χ3n) is 2.01. The Hall–Kier alpha value is -2.24. The SMILES string of the molecule is CC12C=NC=NC1=NC=N2.c1cncnc1. The third-order valence-corrected chi connectivity index (χ3v) is 2.01. The summed E-state index contributed by atoms with van der Waals surface area (Å²) in [6, 6.07) is 1.78. The Kier molecular flexibility index (Phi) is 2.90. The number of fused-ring (bicyclic) bond motifs is 1. The lowest BCUT2D eigenvalue weighted by Crippen LogP contribution is -2.33. The molecular weight excluding hydrogens is 204 g/mol. The molecule has 0 spiro atoms. The minimum absolute atomic E-state index is 0.380. The smallest absolute Gasteiger partial charge is 0.164 e. The summed E-state index contributed by atoms with van der Waals surface area (Å²) in [5.41, 5.74) is -0.380. The van der Waals surface area contributed by atoms with Crippen molar-refractivity contribution >= 4 is 24.7 Å². The highest BCUT2D eigenvalue weighted by molar-refractivity contribution is 6.17. The molecule has 0 amide bonds. The minimum atomic E-state index is -0.380. The van der Waals surface area contributed by atoms with Gasteiger partial charge in [-0.05, 0) is 13.0 Å². The zero-order chi connectivity index (χ0) is 11.3. The molecule has 3 heterocycles. The third kappa shape index (κ3) is 2.22. The Morgan fingerprint density at radius 1 is 1.12 bits per heavy atom. The molecule has 0 N–H and O–H groups in total. The van der Waals surface area contributed by atoms with Crippen LogP contribution >= 0.6 is 0 Å². The quantitative estimate of drug-likeness (QED) is 0.639. The Labute approximate surface area is 92.6 Å². The van der Waals surface area contributed by atoms with Gasteiger partial charge in [0.2, 0.25) is 0 Å². The van der Waals surface area contributed by atoms with Crippen LogP contribution in [0.3, 0.4) is 0 Å². The summed E-state index contributed by atoms with van der Waals surface area (Å²) < 4.78 is 0. The molecule has 1 unspecified atom stereocenters. The molecule has 0 saturated carbocycles. The fourth-order valence-corrected chi connectivity index (χ4v) is 1.17. The first-order chi connectivity index (χ1) is 7.81. The molecule has 3 rings (SSSR count). The number of nitrogens with zero attached hydrogens (tertiary/aromatic N) is 6. The van der Waals surface area contributed by atoms with Crippen LogP contribution in [0.4, 0.5) is 0 Å². The Bertz CT molecular complexity index is 435. The van der Waals surface area contributed by atoms with E-state index >= 15 is 0 Å². The van der Waals surface area contributed by atoms with Crippen molar-refractivity contribution in [3.8, 4) is 0 Å². The highest BCUT2D eigenvalue weighted by atomic mass is 15.1. The molecule has 0 fully saturated rings. The molecule has 6 nitrogen and oxygen atoms in total. The number of hydrogen-bond acceptors (Lipinski definition) is 6.